The third-order valence-electron chi connectivity index (χ3n) is 4.26. The van der Waals surface area contributed by atoms with Gasteiger partial charge in [0.15, 0.2) is 0 Å². The Balaban J connectivity index is 1.70. The zero-order chi connectivity index (χ0) is 16.2. The van der Waals surface area contributed by atoms with Gasteiger partial charge in [-0.15, -0.1) is 0 Å². The van der Waals surface area contributed by atoms with Gasteiger partial charge in [0.1, 0.15) is 5.69 Å². The summed E-state index contributed by atoms with van der Waals surface area (Å²) in [4.78, 5) is 28.5. The van der Waals surface area contributed by atoms with Crippen LogP contribution in [0.4, 0.5) is 5.69 Å². The maximum atomic E-state index is 12.2. The predicted octanol–water partition coefficient (Wildman–Crippen LogP) is 1.63. The number of nitrogens with one attached hydrogen (secondary N) is 2. The van der Waals surface area contributed by atoms with Crippen molar-refractivity contribution in [1.82, 2.24) is 14.9 Å². The molecule has 1 aliphatic rings. The van der Waals surface area contributed by atoms with Gasteiger partial charge in [0.25, 0.3) is 5.91 Å². The molecule has 122 valence electrons. The van der Waals surface area contributed by atoms with E-state index in [2.05, 4.69) is 21.3 Å². The molecule has 1 saturated heterocycles. The zero-order valence-electron chi connectivity index (χ0n) is 13.3. The summed E-state index contributed by atoms with van der Waals surface area (Å²) in [6.45, 7) is 2.58. The van der Waals surface area contributed by atoms with Crippen LogP contribution in [0, 0.1) is 0 Å². The van der Waals surface area contributed by atoms with E-state index in [1.807, 2.05) is 18.2 Å². The molecule has 2 N–H and O–H groups in total. The molecule has 0 unspecified atom stereocenters. The van der Waals surface area contributed by atoms with Gasteiger partial charge in [-0.05, 0) is 30.9 Å². The van der Waals surface area contributed by atoms with Crippen molar-refractivity contribution in [3.8, 4) is 0 Å². The van der Waals surface area contributed by atoms with Crippen LogP contribution in [0.5, 0.6) is 0 Å². The van der Waals surface area contributed by atoms with Gasteiger partial charge in [-0.25, -0.2) is 4.79 Å². The summed E-state index contributed by atoms with van der Waals surface area (Å²) in [7, 11) is 1.61. The Kier molecular flexibility index (Phi) is 4.50. The molecule has 0 radical (unpaired) electrons. The summed E-state index contributed by atoms with van der Waals surface area (Å²) in [6.07, 6.45) is 5.23. The first-order chi connectivity index (χ1) is 11.1. The van der Waals surface area contributed by atoms with Crippen LogP contribution in [0.15, 0.2) is 35.3 Å². The molecule has 1 aromatic heterocycles. The minimum Gasteiger partial charge on any atom is -0.371 e. The predicted molar refractivity (Wildman–Crippen MR) is 89.7 cm³/mol. The number of aromatic nitrogens is 2. The molecule has 23 heavy (non-hydrogen) atoms. The number of para-hydroxylation sites is 1. The Labute approximate surface area is 135 Å². The molecular weight excluding hydrogens is 292 g/mol. The number of carbonyl (C=O) groups excluding carboxylic acids is 1. The number of H-pyrrole nitrogens is 1. The molecule has 0 aliphatic carbocycles. The zero-order valence-corrected chi connectivity index (χ0v) is 13.3. The Bertz CT molecular complexity index is 741. The molecule has 6 heteroatoms. The topological polar surface area (TPSA) is 70.1 Å². The highest BCUT2D eigenvalue weighted by atomic mass is 16.2. The second-order valence-corrected chi connectivity index (χ2v) is 5.94. The van der Waals surface area contributed by atoms with Gasteiger partial charge in [0.05, 0.1) is 0 Å². The largest absolute Gasteiger partial charge is 0.371 e. The normalized spacial score (nSPS) is 14.7. The van der Waals surface area contributed by atoms with Gasteiger partial charge >= 0.3 is 5.69 Å². The lowest BCUT2D eigenvalue weighted by Gasteiger charge is -2.30. The summed E-state index contributed by atoms with van der Waals surface area (Å²) >= 11 is 0. The minimum absolute atomic E-state index is 0.267. The van der Waals surface area contributed by atoms with Crippen LogP contribution < -0.4 is 15.9 Å². The first kappa shape index (κ1) is 15.4. The van der Waals surface area contributed by atoms with Crippen molar-refractivity contribution in [3.05, 3.63) is 52.2 Å². The third-order valence-corrected chi connectivity index (χ3v) is 4.26. The average molecular weight is 314 g/mol. The summed E-state index contributed by atoms with van der Waals surface area (Å²) in [5.74, 6) is -0.267. The second-order valence-electron chi connectivity index (χ2n) is 5.94. The van der Waals surface area contributed by atoms with Crippen LogP contribution in [-0.2, 0) is 13.6 Å². The smallest absolute Gasteiger partial charge is 0.325 e. The molecule has 2 aromatic rings. The number of benzene rings is 1. The molecule has 1 aromatic carbocycles. The maximum absolute atomic E-state index is 12.2. The van der Waals surface area contributed by atoms with Crippen molar-refractivity contribution in [3.63, 3.8) is 0 Å². The van der Waals surface area contributed by atoms with Crippen LogP contribution in [0.1, 0.15) is 35.3 Å². The fraction of sp³-hybridized carbons (Fsp3) is 0.412. The second kappa shape index (κ2) is 6.73. The van der Waals surface area contributed by atoms with E-state index < -0.39 is 0 Å². The molecular formula is C17H22N4O2. The molecule has 0 spiro atoms. The number of rotatable bonds is 4. The molecule has 1 amide bonds. The molecule has 6 nitrogen and oxygen atoms in total. The number of nitrogens with zero attached hydrogens (tertiary/aromatic N) is 2. The van der Waals surface area contributed by atoms with E-state index in [1.54, 1.807) is 7.05 Å². The summed E-state index contributed by atoms with van der Waals surface area (Å²) in [5.41, 5.74) is 2.28. The molecule has 1 fully saturated rings. The SMILES string of the molecule is Cn1cc(C(=O)NCc2ccccc2N2CCCCC2)[nH]c1=O. The van der Waals surface area contributed by atoms with Crippen LogP contribution in [0.3, 0.4) is 0 Å². The average Bonchev–Trinajstić information content (AvgIpc) is 2.93. The number of anilines is 1. The number of carbonyl (C=O) groups is 1. The van der Waals surface area contributed by atoms with E-state index in [1.165, 1.54) is 35.7 Å². The van der Waals surface area contributed by atoms with Crippen LogP contribution in [-0.4, -0.2) is 28.5 Å². The van der Waals surface area contributed by atoms with Gasteiger partial charge in [0.2, 0.25) is 0 Å². The lowest BCUT2D eigenvalue weighted by molar-refractivity contribution is 0.0946. The molecule has 1 aliphatic heterocycles. The van der Waals surface area contributed by atoms with E-state index >= 15 is 0 Å². The van der Waals surface area contributed by atoms with E-state index in [4.69, 9.17) is 0 Å². The summed E-state index contributed by atoms with van der Waals surface area (Å²) < 4.78 is 1.36. The van der Waals surface area contributed by atoms with E-state index in [-0.39, 0.29) is 17.3 Å². The summed E-state index contributed by atoms with van der Waals surface area (Å²) in [5, 5.41) is 2.89. The lowest BCUT2D eigenvalue weighted by Crippen LogP contribution is -2.31. The third kappa shape index (κ3) is 3.47. The number of imidazole rings is 1. The highest BCUT2D eigenvalue weighted by Gasteiger charge is 2.15. The van der Waals surface area contributed by atoms with Crippen molar-refractivity contribution >= 4 is 11.6 Å². The molecule has 0 atom stereocenters. The first-order valence-electron chi connectivity index (χ1n) is 8.02. The summed E-state index contributed by atoms with van der Waals surface area (Å²) in [6, 6.07) is 8.17. The van der Waals surface area contributed by atoms with Gasteiger partial charge < -0.3 is 19.8 Å². The van der Waals surface area contributed by atoms with Crippen molar-refractivity contribution in [2.75, 3.05) is 18.0 Å². The lowest BCUT2D eigenvalue weighted by atomic mass is 10.1. The Morgan fingerprint density at radius 3 is 2.65 bits per heavy atom. The van der Waals surface area contributed by atoms with E-state index in [0.717, 1.165) is 18.7 Å². The van der Waals surface area contributed by atoms with E-state index in [9.17, 15) is 9.59 Å². The Hall–Kier alpha value is -2.50. The van der Waals surface area contributed by atoms with Gasteiger partial charge in [-0.3, -0.25) is 4.79 Å². The highest BCUT2D eigenvalue weighted by molar-refractivity contribution is 5.92. The monoisotopic (exact) mass is 314 g/mol. The molecule has 0 saturated carbocycles. The quantitative estimate of drug-likeness (QED) is 0.901. The fourth-order valence-corrected chi connectivity index (χ4v) is 2.98. The number of aromatic amines is 1. The standard InChI is InChI=1S/C17H22N4O2/c1-20-12-14(19-17(20)23)16(22)18-11-13-7-3-4-8-15(13)21-9-5-2-6-10-21/h3-4,7-8,12H,2,5-6,9-11H2,1H3,(H,18,22)(H,19,23). The van der Waals surface area contributed by atoms with Crippen LogP contribution in [0.25, 0.3) is 0 Å². The van der Waals surface area contributed by atoms with Gasteiger partial charge in [-0.1, -0.05) is 18.2 Å². The van der Waals surface area contributed by atoms with E-state index in [0.29, 0.717) is 6.54 Å². The van der Waals surface area contributed by atoms with Crippen molar-refractivity contribution in [2.24, 2.45) is 7.05 Å². The first-order valence-corrected chi connectivity index (χ1v) is 8.02. The fourth-order valence-electron chi connectivity index (χ4n) is 2.98. The Morgan fingerprint density at radius 1 is 1.22 bits per heavy atom. The molecule has 3 rings (SSSR count). The van der Waals surface area contributed by atoms with Crippen LogP contribution >= 0.6 is 0 Å². The van der Waals surface area contributed by atoms with Crippen LogP contribution in [0.2, 0.25) is 0 Å². The Morgan fingerprint density at radius 2 is 1.96 bits per heavy atom. The van der Waals surface area contributed by atoms with Gasteiger partial charge in [0, 0.05) is 38.6 Å². The van der Waals surface area contributed by atoms with Crippen molar-refractivity contribution in [2.45, 2.75) is 25.8 Å². The maximum Gasteiger partial charge on any atom is 0.325 e. The number of amides is 1. The highest BCUT2D eigenvalue weighted by Crippen LogP contribution is 2.24. The minimum atomic E-state index is -0.288. The number of aryl methyl sites for hydroxylation is 1. The number of hydrogen-bond donors (Lipinski definition) is 2. The number of piperidine rings is 1. The molecule has 2 heterocycles. The molecule has 0 bridgehead atoms. The van der Waals surface area contributed by atoms with Gasteiger partial charge in [-0.2, -0.15) is 0 Å². The van der Waals surface area contributed by atoms with Crippen molar-refractivity contribution in [1.29, 1.82) is 0 Å². The van der Waals surface area contributed by atoms with Crippen molar-refractivity contribution < 1.29 is 4.79 Å². The number of hydrogen-bond acceptors (Lipinski definition) is 3.